The molecule has 0 aliphatic heterocycles. The van der Waals surface area contributed by atoms with E-state index >= 15 is 0 Å². The lowest BCUT2D eigenvalue weighted by Gasteiger charge is -2.21. The lowest BCUT2D eigenvalue weighted by Crippen LogP contribution is -2.30. The molecule has 0 bridgehead atoms. The number of esters is 4. The van der Waals surface area contributed by atoms with Gasteiger partial charge in [-0.2, -0.15) is 0 Å². The van der Waals surface area contributed by atoms with Crippen LogP contribution in [0.1, 0.15) is 374 Å². The smallest absolute Gasteiger partial charge is 0.462 e. The van der Waals surface area contributed by atoms with E-state index in [9.17, 15) is 43.2 Å². The standard InChI is InChI=1S/C77H144O17P2/c1-5-9-13-17-21-25-29-33-35-39-42-46-50-54-58-62-75(80)88-68-73(94-77(82)64-60-56-52-48-44-40-36-34-30-26-22-18-14-10-6-2)70-92-96(85,86)90-66-71(78)65-89-95(83,84)91-69-72(93-76(81)63-59-55-51-47-43-38-32-28-24-20-16-12-8-4)67-87-74(79)61-57-53-49-45-41-37-31-27-23-19-15-11-7-3/h25,29,33-36,71-73,78H,5-24,26-28,30-32,37-70H2,1-4H3,(H,83,84)(H,85,86)/b29-25-,35-33-,36-34-/t71-,72+,73+/m0/s1. The van der Waals surface area contributed by atoms with E-state index in [0.29, 0.717) is 25.7 Å². The number of carbonyl (C=O) groups is 4. The minimum Gasteiger partial charge on any atom is -0.462 e. The van der Waals surface area contributed by atoms with Gasteiger partial charge in [-0.15, -0.1) is 0 Å². The van der Waals surface area contributed by atoms with E-state index in [-0.39, 0.29) is 25.7 Å². The van der Waals surface area contributed by atoms with Gasteiger partial charge in [-0.25, -0.2) is 9.13 Å². The number of rotatable bonds is 75. The second-order valence-corrected chi connectivity index (χ2v) is 29.6. The summed E-state index contributed by atoms with van der Waals surface area (Å²) >= 11 is 0. The molecular formula is C77H144O17P2. The van der Waals surface area contributed by atoms with Gasteiger partial charge in [0, 0.05) is 25.7 Å². The molecule has 0 spiro atoms. The van der Waals surface area contributed by atoms with Gasteiger partial charge in [0.15, 0.2) is 12.2 Å². The predicted molar refractivity (Wildman–Crippen MR) is 391 cm³/mol. The average molecular weight is 1400 g/mol. The van der Waals surface area contributed by atoms with Crippen molar-refractivity contribution in [3.63, 3.8) is 0 Å². The van der Waals surface area contributed by atoms with Crippen LogP contribution in [0.2, 0.25) is 0 Å². The molecule has 0 saturated heterocycles. The minimum absolute atomic E-state index is 0.0878. The van der Waals surface area contributed by atoms with Gasteiger partial charge in [-0.05, 0) is 77.0 Å². The van der Waals surface area contributed by atoms with E-state index in [4.69, 9.17) is 37.0 Å². The van der Waals surface area contributed by atoms with E-state index in [0.717, 1.165) is 122 Å². The summed E-state index contributed by atoms with van der Waals surface area (Å²) < 4.78 is 68.5. The first-order valence-electron chi connectivity index (χ1n) is 39.2. The summed E-state index contributed by atoms with van der Waals surface area (Å²) in [7, 11) is -9.93. The van der Waals surface area contributed by atoms with Crippen molar-refractivity contribution in [1.29, 1.82) is 0 Å². The van der Waals surface area contributed by atoms with Gasteiger partial charge < -0.3 is 33.8 Å². The third kappa shape index (κ3) is 69.7. The van der Waals surface area contributed by atoms with Crippen LogP contribution in [0.25, 0.3) is 0 Å². The Hall–Kier alpha value is -2.72. The number of phosphoric acid groups is 2. The molecule has 0 aromatic heterocycles. The summed E-state index contributed by atoms with van der Waals surface area (Å²) in [6, 6.07) is 0. The summed E-state index contributed by atoms with van der Waals surface area (Å²) in [6.45, 7) is 4.90. The highest BCUT2D eigenvalue weighted by Gasteiger charge is 2.30. The first-order valence-corrected chi connectivity index (χ1v) is 42.2. The number of allylic oxidation sites excluding steroid dienone is 6. The van der Waals surface area contributed by atoms with Crippen molar-refractivity contribution in [3.05, 3.63) is 36.5 Å². The molecule has 3 N–H and O–H groups in total. The van der Waals surface area contributed by atoms with E-state index < -0.39 is 97.5 Å². The Morgan fingerprint density at radius 2 is 0.510 bits per heavy atom. The van der Waals surface area contributed by atoms with Gasteiger partial charge in [-0.3, -0.25) is 37.3 Å². The van der Waals surface area contributed by atoms with Crippen LogP contribution in [0, 0.1) is 0 Å². The molecule has 0 aliphatic carbocycles. The van der Waals surface area contributed by atoms with Crippen molar-refractivity contribution in [2.75, 3.05) is 39.6 Å². The van der Waals surface area contributed by atoms with E-state index in [2.05, 4.69) is 64.2 Å². The van der Waals surface area contributed by atoms with Crippen molar-refractivity contribution in [3.8, 4) is 0 Å². The highest BCUT2D eigenvalue weighted by Crippen LogP contribution is 2.45. The van der Waals surface area contributed by atoms with Crippen molar-refractivity contribution >= 4 is 39.5 Å². The molecule has 0 radical (unpaired) electrons. The van der Waals surface area contributed by atoms with E-state index in [1.54, 1.807) is 0 Å². The fourth-order valence-corrected chi connectivity index (χ4v) is 12.7. The van der Waals surface area contributed by atoms with Crippen LogP contribution in [-0.2, 0) is 65.4 Å². The van der Waals surface area contributed by atoms with Crippen LogP contribution in [0.4, 0.5) is 0 Å². The van der Waals surface area contributed by atoms with Crippen molar-refractivity contribution in [2.24, 2.45) is 0 Å². The van der Waals surface area contributed by atoms with Crippen molar-refractivity contribution in [1.82, 2.24) is 0 Å². The van der Waals surface area contributed by atoms with Gasteiger partial charge in [0.1, 0.15) is 19.3 Å². The molecule has 96 heavy (non-hydrogen) atoms. The third-order valence-corrected chi connectivity index (χ3v) is 19.0. The van der Waals surface area contributed by atoms with Crippen molar-refractivity contribution < 1.29 is 80.2 Å². The van der Waals surface area contributed by atoms with Gasteiger partial charge in [0.2, 0.25) is 0 Å². The molecule has 17 nitrogen and oxygen atoms in total. The van der Waals surface area contributed by atoms with E-state index in [1.165, 1.54) is 173 Å². The number of phosphoric ester groups is 2. The number of aliphatic hydroxyl groups is 1. The Morgan fingerprint density at radius 3 is 0.792 bits per heavy atom. The number of unbranched alkanes of at least 4 members (excludes halogenated alkanes) is 44. The zero-order chi connectivity index (χ0) is 70.4. The molecule has 564 valence electrons. The SMILES string of the molecule is CCCCCC/C=C\C=C/CCCCCCCC(=O)OC[C@H](COP(=O)(O)OC[C@@H](O)COP(=O)(O)OC[C@@H](COC(=O)CCCCCCCCCCCCCCC)OC(=O)CCCCCCCCCCCCCCC)OC(=O)CCCCCCC/C=C\CCCCCCCC. The third-order valence-electron chi connectivity index (χ3n) is 17.1. The van der Waals surface area contributed by atoms with Gasteiger partial charge in [-0.1, -0.05) is 308 Å². The van der Waals surface area contributed by atoms with Gasteiger partial charge in [0.25, 0.3) is 0 Å². The molecule has 0 amide bonds. The summed E-state index contributed by atoms with van der Waals surface area (Å²) in [4.78, 5) is 72.8. The Morgan fingerprint density at radius 1 is 0.292 bits per heavy atom. The second kappa shape index (κ2) is 70.7. The lowest BCUT2D eigenvalue weighted by atomic mass is 10.0. The zero-order valence-electron chi connectivity index (χ0n) is 61.6. The molecule has 0 fully saturated rings. The molecule has 0 heterocycles. The zero-order valence-corrected chi connectivity index (χ0v) is 63.4. The van der Waals surface area contributed by atoms with E-state index in [1.807, 2.05) is 0 Å². The van der Waals surface area contributed by atoms with Crippen LogP contribution in [-0.4, -0.2) is 96.7 Å². The number of aliphatic hydroxyl groups excluding tert-OH is 1. The second-order valence-electron chi connectivity index (χ2n) is 26.7. The largest absolute Gasteiger partial charge is 0.472 e. The molecule has 0 rings (SSSR count). The van der Waals surface area contributed by atoms with Crippen LogP contribution >= 0.6 is 15.6 Å². The monoisotopic (exact) mass is 1400 g/mol. The van der Waals surface area contributed by atoms with Crippen LogP contribution in [0.5, 0.6) is 0 Å². The fraction of sp³-hybridized carbons (Fsp3) is 0.870. The molecule has 0 aromatic carbocycles. The van der Waals surface area contributed by atoms with Gasteiger partial charge >= 0.3 is 39.5 Å². The fourth-order valence-electron chi connectivity index (χ4n) is 11.1. The van der Waals surface area contributed by atoms with Crippen molar-refractivity contribution in [2.45, 2.75) is 393 Å². The Balaban J connectivity index is 5.31. The Labute approximate surface area is 585 Å². The predicted octanol–water partition coefficient (Wildman–Crippen LogP) is 22.3. The molecule has 0 aromatic rings. The first-order chi connectivity index (χ1) is 46.7. The summed E-state index contributed by atoms with van der Waals surface area (Å²) in [5, 5.41) is 10.6. The van der Waals surface area contributed by atoms with Crippen LogP contribution < -0.4 is 0 Å². The molecule has 0 aliphatic rings. The molecular weight excluding hydrogens is 1260 g/mol. The maximum atomic E-state index is 13.1. The summed E-state index contributed by atoms with van der Waals surface area (Å²) in [5.74, 6) is -2.16. The Bertz CT molecular complexity index is 1970. The summed E-state index contributed by atoms with van der Waals surface area (Å²) in [6.07, 6.45) is 65.5. The number of carbonyl (C=O) groups excluding carboxylic acids is 4. The summed E-state index contributed by atoms with van der Waals surface area (Å²) in [5.41, 5.74) is 0. The molecule has 2 unspecified atom stereocenters. The average Bonchev–Trinajstić information content (AvgIpc) is 1.36. The number of hydrogen-bond acceptors (Lipinski definition) is 15. The quantitative estimate of drug-likeness (QED) is 0.0128. The molecule has 5 atom stereocenters. The number of ether oxygens (including phenoxy) is 4. The number of hydrogen-bond donors (Lipinski definition) is 3. The van der Waals surface area contributed by atoms with Crippen LogP contribution in [0.3, 0.4) is 0 Å². The highest BCUT2D eigenvalue weighted by molar-refractivity contribution is 7.47. The normalized spacial score (nSPS) is 14.1. The topological polar surface area (TPSA) is 237 Å². The maximum Gasteiger partial charge on any atom is 0.472 e. The molecule has 0 saturated carbocycles. The lowest BCUT2D eigenvalue weighted by molar-refractivity contribution is -0.161. The molecule has 19 heteroatoms. The van der Waals surface area contributed by atoms with Gasteiger partial charge in [0.05, 0.1) is 26.4 Å². The Kier molecular flexibility index (Phi) is 68.7. The minimum atomic E-state index is -4.97. The first kappa shape index (κ1) is 93.3. The highest BCUT2D eigenvalue weighted by atomic mass is 31.2. The van der Waals surface area contributed by atoms with Crippen LogP contribution in [0.15, 0.2) is 36.5 Å². The maximum absolute atomic E-state index is 13.1.